The standard InChI is InChI=1S/C15H31N3O2S.HI/c1-5-21(19,20)10-9-17-14(16-4)18-12-15(7-6-8-15)11-13(2)3;/h13H,5-12H2,1-4H3,(H2,16,17,18);1H. The summed E-state index contributed by atoms with van der Waals surface area (Å²) < 4.78 is 22.9. The zero-order chi connectivity index (χ0) is 15.9. The van der Waals surface area contributed by atoms with E-state index in [0.717, 1.165) is 6.54 Å². The average molecular weight is 445 g/mol. The molecule has 7 heteroatoms. The molecule has 0 aliphatic heterocycles. The zero-order valence-corrected chi connectivity index (χ0v) is 17.5. The Morgan fingerprint density at radius 3 is 2.32 bits per heavy atom. The summed E-state index contributed by atoms with van der Waals surface area (Å²) in [6.45, 7) is 7.54. The molecule has 1 aliphatic carbocycles. The number of nitrogens with one attached hydrogen (secondary N) is 2. The summed E-state index contributed by atoms with van der Waals surface area (Å²) in [5, 5.41) is 6.46. The van der Waals surface area contributed by atoms with Crippen molar-refractivity contribution in [3.63, 3.8) is 0 Å². The molecule has 0 amide bonds. The molecule has 1 saturated carbocycles. The maximum atomic E-state index is 11.5. The molecule has 1 fully saturated rings. The molecule has 2 N–H and O–H groups in total. The number of sulfone groups is 1. The van der Waals surface area contributed by atoms with Gasteiger partial charge < -0.3 is 10.6 Å². The fourth-order valence-electron chi connectivity index (χ4n) is 2.96. The summed E-state index contributed by atoms with van der Waals surface area (Å²) in [6.07, 6.45) is 5.11. The third-order valence-corrected chi connectivity index (χ3v) is 5.96. The van der Waals surface area contributed by atoms with Gasteiger partial charge in [-0.05, 0) is 30.6 Å². The van der Waals surface area contributed by atoms with Crippen LogP contribution in [-0.4, -0.2) is 46.0 Å². The van der Waals surface area contributed by atoms with Crippen LogP contribution in [0, 0.1) is 11.3 Å². The van der Waals surface area contributed by atoms with E-state index in [-0.39, 0.29) is 35.5 Å². The molecule has 22 heavy (non-hydrogen) atoms. The predicted molar refractivity (Wildman–Crippen MR) is 105 cm³/mol. The van der Waals surface area contributed by atoms with E-state index in [9.17, 15) is 8.42 Å². The van der Waals surface area contributed by atoms with Gasteiger partial charge in [0.05, 0.1) is 5.75 Å². The lowest BCUT2D eigenvalue weighted by Gasteiger charge is -2.43. The van der Waals surface area contributed by atoms with Gasteiger partial charge in [-0.1, -0.05) is 27.2 Å². The van der Waals surface area contributed by atoms with E-state index in [1.807, 2.05) is 0 Å². The number of rotatable bonds is 8. The molecule has 1 rings (SSSR count). The van der Waals surface area contributed by atoms with Crippen LogP contribution in [0.5, 0.6) is 0 Å². The van der Waals surface area contributed by atoms with E-state index in [1.54, 1.807) is 14.0 Å². The molecule has 0 unspecified atom stereocenters. The molecule has 0 aromatic carbocycles. The Bertz CT molecular complexity index is 446. The number of nitrogens with zero attached hydrogens (tertiary/aromatic N) is 1. The van der Waals surface area contributed by atoms with Crippen LogP contribution < -0.4 is 10.6 Å². The highest BCUT2D eigenvalue weighted by atomic mass is 127. The lowest BCUT2D eigenvalue weighted by atomic mass is 9.64. The second-order valence-corrected chi connectivity index (χ2v) is 9.01. The second kappa shape index (κ2) is 9.95. The highest BCUT2D eigenvalue weighted by Crippen LogP contribution is 2.45. The van der Waals surface area contributed by atoms with E-state index in [2.05, 4.69) is 29.5 Å². The van der Waals surface area contributed by atoms with Gasteiger partial charge in [0.15, 0.2) is 15.8 Å². The minimum atomic E-state index is -2.92. The van der Waals surface area contributed by atoms with E-state index in [1.165, 1.54) is 25.7 Å². The number of guanidine groups is 1. The Morgan fingerprint density at radius 1 is 1.27 bits per heavy atom. The van der Waals surface area contributed by atoms with Gasteiger partial charge in [-0.15, -0.1) is 24.0 Å². The summed E-state index contributed by atoms with van der Waals surface area (Å²) in [4.78, 5) is 4.17. The van der Waals surface area contributed by atoms with Crippen molar-refractivity contribution >= 4 is 39.8 Å². The topological polar surface area (TPSA) is 70.6 Å². The van der Waals surface area contributed by atoms with Crippen LogP contribution in [0.4, 0.5) is 0 Å². The maximum absolute atomic E-state index is 11.5. The van der Waals surface area contributed by atoms with Crippen LogP contribution in [0.2, 0.25) is 0 Å². The lowest BCUT2D eigenvalue weighted by Crippen LogP contribution is -2.47. The fourth-order valence-corrected chi connectivity index (χ4v) is 3.66. The van der Waals surface area contributed by atoms with Crippen molar-refractivity contribution in [2.45, 2.75) is 46.5 Å². The molecular formula is C15H32IN3O2S. The minimum absolute atomic E-state index is 0. The molecule has 0 saturated heterocycles. The SMILES string of the molecule is CCS(=O)(=O)CCNC(=NC)NCC1(CC(C)C)CCC1.I. The maximum Gasteiger partial charge on any atom is 0.191 e. The molecule has 0 atom stereocenters. The van der Waals surface area contributed by atoms with Crippen LogP contribution in [0.1, 0.15) is 46.5 Å². The second-order valence-electron chi connectivity index (χ2n) is 6.54. The van der Waals surface area contributed by atoms with Crippen LogP contribution in [-0.2, 0) is 9.84 Å². The summed E-state index contributed by atoms with van der Waals surface area (Å²) in [6, 6.07) is 0. The van der Waals surface area contributed by atoms with Crippen molar-refractivity contribution in [2.24, 2.45) is 16.3 Å². The largest absolute Gasteiger partial charge is 0.356 e. The van der Waals surface area contributed by atoms with E-state index in [0.29, 0.717) is 23.8 Å². The molecule has 0 heterocycles. The van der Waals surface area contributed by atoms with Crippen molar-refractivity contribution in [1.29, 1.82) is 0 Å². The fraction of sp³-hybridized carbons (Fsp3) is 0.933. The van der Waals surface area contributed by atoms with Crippen LogP contribution >= 0.6 is 24.0 Å². The first kappa shape index (κ1) is 21.9. The van der Waals surface area contributed by atoms with Crippen molar-refractivity contribution in [3.8, 4) is 0 Å². The van der Waals surface area contributed by atoms with Gasteiger partial charge in [0.2, 0.25) is 0 Å². The molecule has 0 aromatic heterocycles. The Labute approximate surface area is 153 Å². The average Bonchev–Trinajstić information content (AvgIpc) is 2.38. The molecule has 0 radical (unpaired) electrons. The molecule has 5 nitrogen and oxygen atoms in total. The van der Waals surface area contributed by atoms with Gasteiger partial charge in [0, 0.05) is 25.9 Å². The van der Waals surface area contributed by atoms with Crippen molar-refractivity contribution in [3.05, 3.63) is 0 Å². The van der Waals surface area contributed by atoms with Crippen molar-refractivity contribution in [2.75, 3.05) is 31.6 Å². The Kier molecular flexibility index (Phi) is 9.93. The van der Waals surface area contributed by atoms with Crippen molar-refractivity contribution in [1.82, 2.24) is 10.6 Å². The lowest BCUT2D eigenvalue weighted by molar-refractivity contribution is 0.104. The minimum Gasteiger partial charge on any atom is -0.356 e. The van der Waals surface area contributed by atoms with E-state index < -0.39 is 9.84 Å². The number of hydrogen-bond acceptors (Lipinski definition) is 3. The molecule has 1 aliphatic rings. The third kappa shape index (κ3) is 7.48. The quantitative estimate of drug-likeness (QED) is 0.342. The number of hydrogen-bond donors (Lipinski definition) is 2. The monoisotopic (exact) mass is 445 g/mol. The highest BCUT2D eigenvalue weighted by molar-refractivity contribution is 14.0. The van der Waals surface area contributed by atoms with E-state index in [4.69, 9.17) is 0 Å². The van der Waals surface area contributed by atoms with Gasteiger partial charge >= 0.3 is 0 Å². The van der Waals surface area contributed by atoms with Gasteiger partial charge in [0.1, 0.15) is 0 Å². The van der Waals surface area contributed by atoms with Crippen LogP contribution in [0.25, 0.3) is 0 Å². The van der Waals surface area contributed by atoms with Crippen LogP contribution in [0.15, 0.2) is 4.99 Å². The highest BCUT2D eigenvalue weighted by Gasteiger charge is 2.37. The smallest absolute Gasteiger partial charge is 0.191 e. The van der Waals surface area contributed by atoms with E-state index >= 15 is 0 Å². The van der Waals surface area contributed by atoms with Crippen LogP contribution in [0.3, 0.4) is 0 Å². The molecule has 0 spiro atoms. The Morgan fingerprint density at radius 2 is 1.91 bits per heavy atom. The Balaban J connectivity index is 0.00000441. The normalized spacial score (nSPS) is 17.6. The Hall–Kier alpha value is -0.0500. The van der Waals surface area contributed by atoms with Gasteiger partial charge in [-0.2, -0.15) is 0 Å². The predicted octanol–water partition coefficient (Wildman–Crippen LogP) is 2.42. The van der Waals surface area contributed by atoms with Gasteiger partial charge in [-0.3, -0.25) is 4.99 Å². The molecule has 0 bridgehead atoms. The van der Waals surface area contributed by atoms with Crippen molar-refractivity contribution < 1.29 is 8.42 Å². The molecule has 0 aromatic rings. The van der Waals surface area contributed by atoms with Gasteiger partial charge in [0.25, 0.3) is 0 Å². The first-order valence-corrected chi connectivity index (χ1v) is 9.79. The first-order chi connectivity index (χ1) is 9.82. The molecule has 132 valence electrons. The molecular weight excluding hydrogens is 413 g/mol. The summed E-state index contributed by atoms with van der Waals surface area (Å²) >= 11 is 0. The first-order valence-electron chi connectivity index (χ1n) is 7.97. The van der Waals surface area contributed by atoms with Gasteiger partial charge in [-0.25, -0.2) is 8.42 Å². The number of aliphatic imine (C=N–C) groups is 1. The summed E-state index contributed by atoms with van der Waals surface area (Å²) in [5.41, 5.74) is 0.404. The third-order valence-electron chi connectivity index (χ3n) is 4.26. The summed E-state index contributed by atoms with van der Waals surface area (Å²) in [5.74, 6) is 1.76. The number of halogens is 1. The zero-order valence-electron chi connectivity index (χ0n) is 14.3. The summed E-state index contributed by atoms with van der Waals surface area (Å²) in [7, 11) is -1.20.